The van der Waals surface area contributed by atoms with Crippen LogP contribution in [-0.2, 0) is 6.42 Å². The van der Waals surface area contributed by atoms with Crippen LogP contribution in [0.5, 0.6) is 0 Å². The molecule has 0 N–H and O–H groups in total. The third-order valence-corrected chi connectivity index (χ3v) is 1.99. The Hall–Kier alpha value is -1.87. The molecule has 0 saturated heterocycles. The minimum absolute atomic E-state index is 0.216. The maximum atomic E-state index is 8.76. The number of nitriles is 2. The Balaban J connectivity index is 2.93. The average Bonchev–Trinajstić information content (AvgIpc) is 2.25. The Morgan fingerprint density at radius 1 is 1.36 bits per heavy atom. The quantitative estimate of drug-likeness (QED) is 0.725. The first-order chi connectivity index (χ1) is 6.81. The molecule has 1 heterocycles. The summed E-state index contributed by atoms with van der Waals surface area (Å²) in [5.41, 5.74) is 1.62. The molecule has 0 unspecified atom stereocenters. The zero-order valence-corrected chi connectivity index (χ0v) is 8.12. The van der Waals surface area contributed by atoms with Crippen LogP contribution in [0.15, 0.2) is 12.3 Å². The lowest BCUT2D eigenvalue weighted by Gasteiger charge is -2.00. The summed E-state index contributed by atoms with van der Waals surface area (Å²) in [6.45, 7) is 2.11. The SMILES string of the molecule is CCCCc1cnc(C#N)c(C#N)c1. The van der Waals surface area contributed by atoms with Crippen LogP contribution in [-0.4, -0.2) is 4.98 Å². The lowest BCUT2D eigenvalue weighted by molar-refractivity contribution is 0.791. The molecule has 0 aliphatic carbocycles. The molecular formula is C11H11N3. The van der Waals surface area contributed by atoms with E-state index in [4.69, 9.17) is 10.5 Å². The van der Waals surface area contributed by atoms with Crippen LogP contribution in [0, 0.1) is 22.7 Å². The summed E-state index contributed by atoms with van der Waals surface area (Å²) in [7, 11) is 0. The Morgan fingerprint density at radius 3 is 2.71 bits per heavy atom. The van der Waals surface area contributed by atoms with E-state index in [2.05, 4.69) is 11.9 Å². The van der Waals surface area contributed by atoms with E-state index in [1.807, 2.05) is 12.1 Å². The second kappa shape index (κ2) is 4.99. The molecule has 70 valence electrons. The number of unbranched alkanes of at least 4 members (excludes halogenated alkanes) is 1. The summed E-state index contributed by atoms with van der Waals surface area (Å²) < 4.78 is 0. The summed E-state index contributed by atoms with van der Waals surface area (Å²) >= 11 is 0. The Bertz CT molecular complexity index is 396. The van der Waals surface area contributed by atoms with Gasteiger partial charge in [-0.2, -0.15) is 10.5 Å². The van der Waals surface area contributed by atoms with E-state index < -0.39 is 0 Å². The fourth-order valence-electron chi connectivity index (χ4n) is 1.20. The summed E-state index contributed by atoms with van der Waals surface area (Å²) in [5, 5.41) is 17.4. The predicted molar refractivity (Wildman–Crippen MR) is 52.3 cm³/mol. The van der Waals surface area contributed by atoms with E-state index in [0.29, 0.717) is 5.56 Å². The smallest absolute Gasteiger partial charge is 0.158 e. The van der Waals surface area contributed by atoms with Crippen LogP contribution in [0.2, 0.25) is 0 Å². The molecule has 1 rings (SSSR count). The minimum Gasteiger partial charge on any atom is -0.244 e. The van der Waals surface area contributed by atoms with Crippen molar-refractivity contribution < 1.29 is 0 Å². The minimum atomic E-state index is 0.216. The van der Waals surface area contributed by atoms with Gasteiger partial charge in [0.2, 0.25) is 0 Å². The zero-order valence-electron chi connectivity index (χ0n) is 8.12. The van der Waals surface area contributed by atoms with Gasteiger partial charge < -0.3 is 0 Å². The van der Waals surface area contributed by atoms with Crippen molar-refractivity contribution >= 4 is 0 Å². The first kappa shape index (κ1) is 10.2. The van der Waals surface area contributed by atoms with Gasteiger partial charge in [0.25, 0.3) is 0 Å². The van der Waals surface area contributed by atoms with Gasteiger partial charge in [0, 0.05) is 6.20 Å². The number of aromatic nitrogens is 1. The van der Waals surface area contributed by atoms with Crippen LogP contribution in [0.1, 0.15) is 36.6 Å². The van der Waals surface area contributed by atoms with Crippen LogP contribution in [0.3, 0.4) is 0 Å². The van der Waals surface area contributed by atoms with Gasteiger partial charge in [0.05, 0.1) is 5.56 Å². The number of pyridine rings is 1. The second-order valence-corrected chi connectivity index (χ2v) is 3.07. The van der Waals surface area contributed by atoms with E-state index >= 15 is 0 Å². The fraction of sp³-hybridized carbons (Fsp3) is 0.364. The molecule has 0 amide bonds. The highest BCUT2D eigenvalue weighted by Gasteiger charge is 2.03. The molecule has 0 aliphatic heterocycles. The average molecular weight is 185 g/mol. The summed E-state index contributed by atoms with van der Waals surface area (Å²) in [6, 6.07) is 5.63. The van der Waals surface area contributed by atoms with Crippen LogP contribution >= 0.6 is 0 Å². The summed E-state index contributed by atoms with van der Waals surface area (Å²) in [4.78, 5) is 3.94. The third kappa shape index (κ3) is 2.31. The maximum absolute atomic E-state index is 8.76. The van der Waals surface area contributed by atoms with Gasteiger partial charge in [-0.05, 0) is 24.5 Å². The molecule has 0 aliphatic rings. The topological polar surface area (TPSA) is 60.5 Å². The van der Waals surface area contributed by atoms with Crippen molar-refractivity contribution in [2.75, 3.05) is 0 Å². The molecule has 1 aromatic heterocycles. The second-order valence-electron chi connectivity index (χ2n) is 3.07. The summed E-state index contributed by atoms with van der Waals surface area (Å²) in [5.74, 6) is 0. The van der Waals surface area contributed by atoms with Gasteiger partial charge >= 0.3 is 0 Å². The lowest BCUT2D eigenvalue weighted by Crippen LogP contribution is -1.93. The first-order valence-corrected chi connectivity index (χ1v) is 4.61. The predicted octanol–water partition coefficient (Wildman–Crippen LogP) is 2.17. The number of hydrogen-bond acceptors (Lipinski definition) is 3. The Labute approximate surface area is 83.6 Å². The molecule has 0 aromatic carbocycles. The number of aryl methyl sites for hydroxylation is 1. The monoisotopic (exact) mass is 185 g/mol. The van der Waals surface area contributed by atoms with Crippen LogP contribution in [0.4, 0.5) is 0 Å². The van der Waals surface area contributed by atoms with Crippen molar-refractivity contribution in [3.05, 3.63) is 29.1 Å². The van der Waals surface area contributed by atoms with Crippen molar-refractivity contribution in [3.8, 4) is 12.1 Å². The highest BCUT2D eigenvalue weighted by Crippen LogP contribution is 2.09. The van der Waals surface area contributed by atoms with Crippen molar-refractivity contribution in [2.24, 2.45) is 0 Å². The van der Waals surface area contributed by atoms with Crippen molar-refractivity contribution in [2.45, 2.75) is 26.2 Å². The van der Waals surface area contributed by atoms with Crippen LogP contribution in [0.25, 0.3) is 0 Å². The van der Waals surface area contributed by atoms with Gasteiger partial charge in [0.1, 0.15) is 12.1 Å². The molecule has 0 fully saturated rings. The fourth-order valence-corrected chi connectivity index (χ4v) is 1.20. The Kier molecular flexibility index (Phi) is 3.64. The summed E-state index contributed by atoms with van der Waals surface area (Å²) in [6.07, 6.45) is 4.79. The lowest BCUT2D eigenvalue weighted by atomic mass is 10.1. The van der Waals surface area contributed by atoms with Crippen molar-refractivity contribution in [1.29, 1.82) is 10.5 Å². The van der Waals surface area contributed by atoms with E-state index in [9.17, 15) is 0 Å². The first-order valence-electron chi connectivity index (χ1n) is 4.61. The molecule has 14 heavy (non-hydrogen) atoms. The number of nitrogens with zero attached hydrogens (tertiary/aromatic N) is 3. The van der Waals surface area contributed by atoms with Gasteiger partial charge in [-0.15, -0.1) is 0 Å². The van der Waals surface area contributed by atoms with Gasteiger partial charge in [-0.25, -0.2) is 4.98 Å². The van der Waals surface area contributed by atoms with E-state index in [1.165, 1.54) is 0 Å². The van der Waals surface area contributed by atoms with E-state index in [1.54, 1.807) is 12.3 Å². The van der Waals surface area contributed by atoms with Gasteiger partial charge in [-0.1, -0.05) is 13.3 Å². The van der Waals surface area contributed by atoms with Crippen LogP contribution < -0.4 is 0 Å². The maximum Gasteiger partial charge on any atom is 0.158 e. The number of rotatable bonds is 3. The molecule has 3 nitrogen and oxygen atoms in total. The zero-order chi connectivity index (χ0) is 10.4. The molecule has 0 spiro atoms. The molecule has 0 radical (unpaired) electrons. The Morgan fingerprint density at radius 2 is 2.14 bits per heavy atom. The third-order valence-electron chi connectivity index (χ3n) is 1.99. The van der Waals surface area contributed by atoms with E-state index in [-0.39, 0.29) is 5.69 Å². The van der Waals surface area contributed by atoms with Gasteiger partial charge in [0.15, 0.2) is 5.69 Å². The normalized spacial score (nSPS) is 9.07. The molecule has 0 bridgehead atoms. The molecule has 0 atom stereocenters. The van der Waals surface area contributed by atoms with E-state index in [0.717, 1.165) is 24.8 Å². The molecular weight excluding hydrogens is 174 g/mol. The molecule has 3 heteroatoms. The molecule has 0 saturated carbocycles. The highest BCUT2D eigenvalue weighted by atomic mass is 14.7. The largest absolute Gasteiger partial charge is 0.244 e. The van der Waals surface area contributed by atoms with Gasteiger partial charge in [-0.3, -0.25) is 0 Å². The standard InChI is InChI=1S/C11H11N3/c1-2-3-4-9-5-10(6-12)11(7-13)14-8-9/h5,8H,2-4H2,1H3. The number of hydrogen-bond donors (Lipinski definition) is 0. The van der Waals surface area contributed by atoms with Crippen molar-refractivity contribution in [3.63, 3.8) is 0 Å². The highest BCUT2D eigenvalue weighted by molar-refractivity contribution is 5.42. The van der Waals surface area contributed by atoms with Crippen molar-refractivity contribution in [1.82, 2.24) is 4.98 Å². The molecule has 1 aromatic rings.